The first-order valence-electron chi connectivity index (χ1n) is 14.4. The Hall–Kier alpha value is -4.99. The van der Waals surface area contributed by atoms with Gasteiger partial charge >= 0.3 is 5.69 Å². The van der Waals surface area contributed by atoms with Crippen LogP contribution in [0.1, 0.15) is 13.8 Å². The molecule has 2 N–H and O–H groups in total. The second-order valence-corrected chi connectivity index (χ2v) is 11.8. The lowest BCUT2D eigenvalue weighted by atomic mass is 9.94. The summed E-state index contributed by atoms with van der Waals surface area (Å²) < 4.78 is 14.3. The van der Waals surface area contributed by atoms with E-state index in [1.165, 1.54) is 10.9 Å². The minimum Gasteiger partial charge on any atom is -0.457 e. The Bertz CT molecular complexity index is 1810. The number of fused-ring (bicyclic) bond motifs is 1. The van der Waals surface area contributed by atoms with Crippen molar-refractivity contribution in [3.05, 3.63) is 83.1 Å². The molecule has 226 valence electrons. The number of anilines is 1. The van der Waals surface area contributed by atoms with E-state index in [0.717, 1.165) is 0 Å². The summed E-state index contributed by atoms with van der Waals surface area (Å²) in [5.74, 6) is 1.20. The van der Waals surface area contributed by atoms with Gasteiger partial charge in [-0.2, -0.15) is 5.26 Å². The number of aromatic nitrogens is 4. The van der Waals surface area contributed by atoms with E-state index in [4.69, 9.17) is 15.2 Å². The van der Waals surface area contributed by atoms with Gasteiger partial charge in [0.05, 0.1) is 24.9 Å². The van der Waals surface area contributed by atoms with Crippen LogP contribution in [0.5, 0.6) is 11.5 Å². The number of nitrogen functional groups attached to an aromatic ring is 1. The standard InChI is InChI=1S/C32H34N8O4/c1-32(2,37(3)24-18-43-19-24)13-22(14-33)30(41)38-15-21(16-38)17-39-29-27(28(34)35-20-36-29)40(31(39)42)23-9-11-26(12-10-23)44-25-7-5-4-6-8-25/h4-13,20-21,24H,15-19H2,1-3H3,(H2,34,35,36)/b22-13-. The monoisotopic (exact) mass is 594 g/mol. The molecule has 2 aromatic carbocycles. The number of ether oxygens (including phenoxy) is 2. The molecule has 0 atom stereocenters. The van der Waals surface area contributed by atoms with E-state index < -0.39 is 5.54 Å². The molecule has 0 spiro atoms. The molecule has 12 heteroatoms. The van der Waals surface area contributed by atoms with Crippen molar-refractivity contribution in [2.24, 2.45) is 5.92 Å². The quantitative estimate of drug-likeness (QED) is 0.228. The van der Waals surface area contributed by atoms with Crippen molar-refractivity contribution >= 4 is 22.9 Å². The number of likely N-dealkylation sites (N-methyl/N-ethyl adjacent to an activating group) is 1. The van der Waals surface area contributed by atoms with E-state index in [9.17, 15) is 14.9 Å². The number of imidazole rings is 1. The lowest BCUT2D eigenvalue weighted by molar-refractivity contribution is -0.133. The Labute approximate surface area is 254 Å². The van der Waals surface area contributed by atoms with Gasteiger partial charge in [0, 0.05) is 31.1 Å². The van der Waals surface area contributed by atoms with Gasteiger partial charge in [0.25, 0.3) is 5.91 Å². The highest BCUT2D eigenvalue weighted by Crippen LogP contribution is 2.28. The van der Waals surface area contributed by atoms with Crippen LogP contribution in [-0.4, -0.2) is 79.7 Å². The topological polar surface area (TPSA) is 145 Å². The average molecular weight is 595 g/mol. The molecule has 4 heterocycles. The van der Waals surface area contributed by atoms with Crippen LogP contribution in [0.3, 0.4) is 0 Å². The van der Waals surface area contributed by atoms with Crippen LogP contribution in [0.2, 0.25) is 0 Å². The highest BCUT2D eigenvalue weighted by Gasteiger charge is 2.37. The van der Waals surface area contributed by atoms with Crippen LogP contribution in [0, 0.1) is 17.2 Å². The summed E-state index contributed by atoms with van der Waals surface area (Å²) in [5.41, 5.74) is 6.97. The summed E-state index contributed by atoms with van der Waals surface area (Å²) in [6.45, 7) is 6.39. The van der Waals surface area contributed by atoms with Crippen LogP contribution < -0.4 is 16.2 Å². The highest BCUT2D eigenvalue weighted by atomic mass is 16.5. The number of hydrogen-bond acceptors (Lipinski definition) is 9. The third kappa shape index (κ3) is 5.43. The molecule has 0 radical (unpaired) electrons. The smallest absolute Gasteiger partial charge is 0.335 e. The Balaban J connectivity index is 1.19. The predicted molar refractivity (Wildman–Crippen MR) is 164 cm³/mol. The Morgan fingerprint density at radius 3 is 2.45 bits per heavy atom. The van der Waals surface area contributed by atoms with Gasteiger partial charge in [-0.05, 0) is 63.4 Å². The first kappa shape index (κ1) is 29.1. The van der Waals surface area contributed by atoms with Gasteiger partial charge < -0.3 is 20.1 Å². The number of benzene rings is 2. The van der Waals surface area contributed by atoms with Gasteiger partial charge in [-0.3, -0.25) is 18.8 Å². The summed E-state index contributed by atoms with van der Waals surface area (Å²) in [5, 5.41) is 9.81. The Morgan fingerprint density at radius 1 is 1.14 bits per heavy atom. The maximum absolute atomic E-state index is 13.8. The zero-order valence-corrected chi connectivity index (χ0v) is 24.9. The molecule has 2 fully saturated rings. The van der Waals surface area contributed by atoms with E-state index in [-0.39, 0.29) is 34.9 Å². The fraction of sp³-hybridized carbons (Fsp3) is 0.344. The largest absolute Gasteiger partial charge is 0.457 e. The SMILES string of the molecule is CN(C1COC1)C(C)(C)/C=C(/C#N)C(=O)N1CC(Cn2c(=O)n(-c3ccc(Oc4ccccc4)cc3)c3c(N)ncnc32)C1. The molecule has 2 saturated heterocycles. The lowest BCUT2D eigenvalue weighted by Gasteiger charge is -2.43. The summed E-state index contributed by atoms with van der Waals surface area (Å²) in [6, 6.07) is 18.9. The molecule has 2 aromatic heterocycles. The molecule has 2 aliphatic heterocycles. The van der Waals surface area contributed by atoms with Gasteiger partial charge in [-0.1, -0.05) is 18.2 Å². The first-order chi connectivity index (χ1) is 21.2. The molecule has 44 heavy (non-hydrogen) atoms. The maximum atomic E-state index is 13.8. The fourth-order valence-electron chi connectivity index (χ4n) is 5.59. The maximum Gasteiger partial charge on any atom is 0.335 e. The Kier molecular flexibility index (Phi) is 7.67. The summed E-state index contributed by atoms with van der Waals surface area (Å²) in [6.07, 6.45) is 3.07. The molecule has 0 bridgehead atoms. The number of carbonyl (C=O) groups is 1. The minimum absolute atomic E-state index is 0.00344. The van der Waals surface area contributed by atoms with Crippen LogP contribution in [0.25, 0.3) is 16.9 Å². The van der Waals surface area contributed by atoms with E-state index in [1.807, 2.05) is 51.2 Å². The lowest BCUT2D eigenvalue weighted by Crippen LogP contribution is -2.55. The number of amides is 1. The molecule has 0 saturated carbocycles. The number of rotatable bonds is 9. The first-order valence-corrected chi connectivity index (χ1v) is 14.4. The third-order valence-corrected chi connectivity index (χ3v) is 8.42. The number of nitrogens with zero attached hydrogens (tertiary/aromatic N) is 7. The average Bonchev–Trinajstić information content (AvgIpc) is 3.25. The number of carbonyl (C=O) groups excluding carboxylic acids is 1. The summed E-state index contributed by atoms with van der Waals surface area (Å²) in [4.78, 5) is 39.3. The van der Waals surface area contributed by atoms with Crippen molar-refractivity contribution in [3.8, 4) is 23.3 Å². The van der Waals surface area contributed by atoms with Crippen molar-refractivity contribution in [1.29, 1.82) is 5.26 Å². The fourth-order valence-corrected chi connectivity index (χ4v) is 5.59. The second-order valence-electron chi connectivity index (χ2n) is 11.8. The molecule has 0 unspecified atom stereocenters. The predicted octanol–water partition coefficient (Wildman–Crippen LogP) is 2.97. The molecule has 1 amide bonds. The summed E-state index contributed by atoms with van der Waals surface area (Å²) in [7, 11) is 1.97. The molecule has 0 aliphatic carbocycles. The Morgan fingerprint density at radius 2 is 1.82 bits per heavy atom. The molecular weight excluding hydrogens is 560 g/mol. The van der Waals surface area contributed by atoms with Crippen molar-refractivity contribution in [3.63, 3.8) is 0 Å². The van der Waals surface area contributed by atoms with E-state index >= 15 is 0 Å². The molecule has 6 rings (SSSR count). The molecule has 4 aromatic rings. The number of nitriles is 1. The van der Waals surface area contributed by atoms with Crippen molar-refractivity contribution in [2.45, 2.75) is 32.0 Å². The van der Waals surface area contributed by atoms with Gasteiger partial charge in [-0.25, -0.2) is 14.8 Å². The third-order valence-electron chi connectivity index (χ3n) is 8.42. The van der Waals surface area contributed by atoms with Crippen LogP contribution >= 0.6 is 0 Å². The number of hydrogen-bond donors (Lipinski definition) is 1. The minimum atomic E-state index is -0.500. The summed E-state index contributed by atoms with van der Waals surface area (Å²) >= 11 is 0. The van der Waals surface area contributed by atoms with Gasteiger partial charge in [0.1, 0.15) is 35.0 Å². The molecular formula is C32H34N8O4. The zero-order valence-electron chi connectivity index (χ0n) is 24.9. The van der Waals surface area contributed by atoms with Crippen LogP contribution in [0.15, 0.2) is 77.4 Å². The van der Waals surface area contributed by atoms with Gasteiger partial charge in [0.15, 0.2) is 11.5 Å². The normalized spacial score (nSPS) is 16.1. The van der Waals surface area contributed by atoms with Crippen molar-refractivity contribution < 1.29 is 14.3 Å². The van der Waals surface area contributed by atoms with Crippen molar-refractivity contribution in [1.82, 2.24) is 28.9 Å². The zero-order chi connectivity index (χ0) is 31.0. The van der Waals surface area contributed by atoms with Gasteiger partial charge in [-0.15, -0.1) is 0 Å². The van der Waals surface area contributed by atoms with Crippen LogP contribution in [-0.2, 0) is 16.1 Å². The molecule has 2 aliphatic rings. The number of likely N-dealkylation sites (tertiary alicyclic amines) is 1. The molecule has 12 nitrogen and oxygen atoms in total. The van der Waals surface area contributed by atoms with Gasteiger partial charge in [0.2, 0.25) is 0 Å². The van der Waals surface area contributed by atoms with E-state index in [0.29, 0.717) is 61.2 Å². The van der Waals surface area contributed by atoms with Crippen LogP contribution in [0.4, 0.5) is 5.82 Å². The number of nitrogens with two attached hydrogens (primary N) is 1. The van der Waals surface area contributed by atoms with E-state index in [2.05, 4.69) is 20.9 Å². The second kappa shape index (κ2) is 11.6. The number of para-hydroxylation sites is 1. The van der Waals surface area contributed by atoms with Crippen molar-refractivity contribution in [2.75, 3.05) is 39.1 Å². The van der Waals surface area contributed by atoms with E-state index in [1.54, 1.807) is 39.8 Å². The highest BCUT2D eigenvalue weighted by molar-refractivity contribution is 5.98.